The van der Waals surface area contributed by atoms with Gasteiger partial charge in [0.15, 0.2) is 0 Å². The number of anilines is 1. The molecule has 8 heteroatoms. The molecule has 6 nitrogen and oxygen atoms in total. The Labute approximate surface area is 234 Å². The first-order valence-corrected chi connectivity index (χ1v) is 14.2. The maximum Gasteiger partial charge on any atom is 0.273 e. The monoisotopic (exact) mass is 550 g/mol. The smallest absolute Gasteiger partial charge is 0.273 e. The number of hydrogen-bond acceptors (Lipinski definition) is 5. The first-order valence-electron chi connectivity index (χ1n) is 12.7. The summed E-state index contributed by atoms with van der Waals surface area (Å²) >= 11 is 8.01. The molecule has 3 aromatic rings. The maximum absolute atomic E-state index is 13.1. The highest BCUT2D eigenvalue weighted by Crippen LogP contribution is 2.22. The lowest BCUT2D eigenvalue weighted by Crippen LogP contribution is -2.25. The minimum absolute atomic E-state index is 0.228. The minimum atomic E-state index is -0.471. The summed E-state index contributed by atoms with van der Waals surface area (Å²) < 4.78 is 0. The second-order valence-corrected chi connectivity index (χ2v) is 10.5. The van der Waals surface area contributed by atoms with Crippen molar-refractivity contribution in [3.05, 3.63) is 99.1 Å². The van der Waals surface area contributed by atoms with E-state index in [0.717, 1.165) is 47.8 Å². The number of amides is 2. The number of nitrogens with one attached hydrogen (secondary N) is 2. The summed E-state index contributed by atoms with van der Waals surface area (Å²) in [6.07, 6.45) is 1.58. The van der Waals surface area contributed by atoms with E-state index in [4.69, 9.17) is 11.6 Å². The van der Waals surface area contributed by atoms with E-state index in [1.807, 2.05) is 62.0 Å². The summed E-state index contributed by atoms with van der Waals surface area (Å²) in [7, 11) is 0. The summed E-state index contributed by atoms with van der Waals surface area (Å²) in [6.45, 7) is 11.6. The number of carbonyl (C=O) groups excluding carboxylic acids is 2. The quantitative estimate of drug-likeness (QED) is 0.152. The topological polar surface area (TPSA) is 73.8 Å². The zero-order valence-electron chi connectivity index (χ0n) is 22.4. The normalized spacial score (nSPS) is 11.2. The fourth-order valence-electron chi connectivity index (χ4n) is 3.80. The van der Waals surface area contributed by atoms with Crippen LogP contribution in [0.2, 0.25) is 5.02 Å². The van der Waals surface area contributed by atoms with Crippen LogP contribution in [0.3, 0.4) is 0 Å². The van der Waals surface area contributed by atoms with Crippen molar-refractivity contribution in [1.82, 2.24) is 10.3 Å². The molecule has 0 fully saturated rings. The Morgan fingerprint density at radius 2 is 1.76 bits per heavy atom. The standard InChI is InChI=1S/C30H35ClN4O2S/c1-5-35(6-2)14-15-38-20-24-8-7-9-25(17-24)29(36)33-28-13-12-26(31)18-27(28)30(37)34-32-19-23-11-10-21(3)22(4)16-23/h7-13,16-19H,5-6,14-15,20H2,1-4H3,(H,33,36)(H,34,37)/b32-19+. The lowest BCUT2D eigenvalue weighted by Gasteiger charge is -2.17. The maximum atomic E-state index is 13.1. The largest absolute Gasteiger partial charge is 0.321 e. The number of halogens is 1. The second-order valence-electron chi connectivity index (χ2n) is 8.97. The molecule has 0 heterocycles. The molecule has 0 spiro atoms. The van der Waals surface area contributed by atoms with Crippen LogP contribution in [0.25, 0.3) is 0 Å². The molecule has 0 aliphatic rings. The number of hydrogen-bond donors (Lipinski definition) is 2. The van der Waals surface area contributed by atoms with E-state index in [-0.39, 0.29) is 11.5 Å². The van der Waals surface area contributed by atoms with Gasteiger partial charge in [0, 0.05) is 28.6 Å². The van der Waals surface area contributed by atoms with Crippen LogP contribution >= 0.6 is 23.4 Å². The fourth-order valence-corrected chi connectivity index (χ4v) is 4.92. The van der Waals surface area contributed by atoms with E-state index < -0.39 is 5.91 Å². The Hall–Kier alpha value is -3.13. The van der Waals surface area contributed by atoms with Gasteiger partial charge >= 0.3 is 0 Å². The molecule has 2 N–H and O–H groups in total. The first kappa shape index (κ1) is 29.4. The number of nitrogens with zero attached hydrogens (tertiary/aromatic N) is 2. The molecule has 0 aliphatic heterocycles. The van der Waals surface area contributed by atoms with Crippen molar-refractivity contribution in [2.24, 2.45) is 5.10 Å². The molecule has 3 aromatic carbocycles. The van der Waals surface area contributed by atoms with Crippen molar-refractivity contribution in [2.45, 2.75) is 33.4 Å². The van der Waals surface area contributed by atoms with Gasteiger partial charge in [-0.3, -0.25) is 9.59 Å². The third-order valence-corrected chi connectivity index (χ3v) is 7.53. The van der Waals surface area contributed by atoms with Crippen molar-refractivity contribution >= 4 is 47.1 Å². The molecule has 0 aliphatic carbocycles. The summed E-state index contributed by atoms with van der Waals surface area (Å²) in [4.78, 5) is 28.4. The van der Waals surface area contributed by atoms with E-state index in [1.54, 1.807) is 24.4 Å². The summed E-state index contributed by atoms with van der Waals surface area (Å²) in [5.74, 6) is 1.10. The van der Waals surface area contributed by atoms with Crippen LogP contribution in [0.15, 0.2) is 65.8 Å². The molecule has 0 saturated carbocycles. The van der Waals surface area contributed by atoms with Gasteiger partial charge in [-0.15, -0.1) is 0 Å². The van der Waals surface area contributed by atoms with Gasteiger partial charge in [-0.1, -0.05) is 55.8 Å². The molecule has 0 atom stereocenters. The van der Waals surface area contributed by atoms with Crippen LogP contribution in [0, 0.1) is 13.8 Å². The van der Waals surface area contributed by atoms with Gasteiger partial charge in [0.05, 0.1) is 17.5 Å². The van der Waals surface area contributed by atoms with Gasteiger partial charge in [-0.2, -0.15) is 16.9 Å². The van der Waals surface area contributed by atoms with Crippen LogP contribution < -0.4 is 10.7 Å². The van der Waals surface area contributed by atoms with E-state index in [2.05, 4.69) is 34.6 Å². The molecule has 0 radical (unpaired) electrons. The number of aryl methyl sites for hydroxylation is 2. The van der Waals surface area contributed by atoms with E-state index >= 15 is 0 Å². The van der Waals surface area contributed by atoms with Crippen LogP contribution in [-0.4, -0.2) is 48.3 Å². The van der Waals surface area contributed by atoms with Gasteiger partial charge in [0.25, 0.3) is 11.8 Å². The molecular weight excluding hydrogens is 516 g/mol. The fraction of sp³-hybridized carbons (Fsp3) is 0.300. The Morgan fingerprint density at radius 1 is 0.974 bits per heavy atom. The average Bonchev–Trinajstić information content (AvgIpc) is 2.92. The van der Waals surface area contributed by atoms with Gasteiger partial charge in [-0.05, 0) is 79.5 Å². The average molecular weight is 551 g/mol. The van der Waals surface area contributed by atoms with Gasteiger partial charge in [0.2, 0.25) is 0 Å². The van der Waals surface area contributed by atoms with Crippen LogP contribution in [0.1, 0.15) is 56.8 Å². The predicted octanol–water partition coefficient (Wildman–Crippen LogP) is 6.55. The Balaban J connectivity index is 1.64. The highest BCUT2D eigenvalue weighted by molar-refractivity contribution is 7.98. The number of thioether (sulfide) groups is 1. The van der Waals surface area contributed by atoms with Crippen molar-refractivity contribution < 1.29 is 9.59 Å². The summed E-state index contributed by atoms with van der Waals surface area (Å²) in [5.41, 5.74) is 7.93. The molecule has 0 aromatic heterocycles. The molecule has 38 heavy (non-hydrogen) atoms. The lowest BCUT2D eigenvalue weighted by molar-refractivity contribution is 0.0956. The second kappa shape index (κ2) is 14.7. The zero-order chi connectivity index (χ0) is 27.5. The number of rotatable bonds is 12. The van der Waals surface area contributed by atoms with E-state index in [1.165, 1.54) is 11.6 Å². The van der Waals surface area contributed by atoms with E-state index in [0.29, 0.717) is 16.3 Å². The molecule has 0 unspecified atom stereocenters. The van der Waals surface area contributed by atoms with Crippen molar-refractivity contribution in [3.8, 4) is 0 Å². The molecule has 2 amide bonds. The van der Waals surface area contributed by atoms with Gasteiger partial charge in [-0.25, -0.2) is 5.43 Å². The van der Waals surface area contributed by atoms with Crippen molar-refractivity contribution in [3.63, 3.8) is 0 Å². The summed E-state index contributed by atoms with van der Waals surface area (Å²) in [5, 5.41) is 7.32. The predicted molar refractivity (Wildman–Crippen MR) is 161 cm³/mol. The highest BCUT2D eigenvalue weighted by Gasteiger charge is 2.15. The van der Waals surface area contributed by atoms with Crippen LogP contribution in [0.4, 0.5) is 5.69 Å². The molecule has 0 bridgehead atoms. The summed E-state index contributed by atoms with van der Waals surface area (Å²) in [6, 6.07) is 18.3. The molecule has 200 valence electrons. The highest BCUT2D eigenvalue weighted by atomic mass is 35.5. The third-order valence-electron chi connectivity index (χ3n) is 6.29. The van der Waals surface area contributed by atoms with Crippen LogP contribution in [-0.2, 0) is 5.75 Å². The number of benzene rings is 3. The first-order chi connectivity index (χ1) is 18.3. The van der Waals surface area contributed by atoms with Gasteiger partial charge < -0.3 is 10.2 Å². The Bertz CT molecular complexity index is 1290. The number of carbonyl (C=O) groups is 2. The number of hydrazone groups is 1. The van der Waals surface area contributed by atoms with Crippen molar-refractivity contribution in [2.75, 3.05) is 30.7 Å². The molecular formula is C30H35ClN4O2S. The zero-order valence-corrected chi connectivity index (χ0v) is 24.0. The SMILES string of the molecule is CCN(CC)CCSCc1cccc(C(=O)Nc2ccc(Cl)cc2C(=O)N/N=C/c2ccc(C)c(C)c2)c1. The molecule has 3 rings (SSSR count). The van der Waals surface area contributed by atoms with Gasteiger partial charge in [0.1, 0.15) is 0 Å². The van der Waals surface area contributed by atoms with Crippen LogP contribution in [0.5, 0.6) is 0 Å². The Morgan fingerprint density at radius 3 is 2.50 bits per heavy atom. The molecule has 0 saturated heterocycles. The van der Waals surface area contributed by atoms with Crippen molar-refractivity contribution in [1.29, 1.82) is 0 Å². The minimum Gasteiger partial charge on any atom is -0.321 e. The third kappa shape index (κ3) is 8.72. The Kier molecular flexibility index (Phi) is 11.4. The lowest BCUT2D eigenvalue weighted by atomic mass is 10.1. The van der Waals surface area contributed by atoms with E-state index in [9.17, 15) is 9.59 Å².